The number of alkyl halides is 3. The van der Waals surface area contributed by atoms with Gasteiger partial charge >= 0.3 is 6.18 Å². The van der Waals surface area contributed by atoms with Gasteiger partial charge in [-0.3, -0.25) is 9.79 Å². The molecule has 1 saturated heterocycles. The molecule has 2 fully saturated rings. The van der Waals surface area contributed by atoms with Crippen molar-refractivity contribution in [3.8, 4) is 0 Å². The van der Waals surface area contributed by atoms with Gasteiger partial charge in [0.2, 0.25) is 5.91 Å². The number of nitrogens with zero attached hydrogens (tertiary/aromatic N) is 3. The van der Waals surface area contributed by atoms with Crippen molar-refractivity contribution >= 4 is 11.9 Å². The highest BCUT2D eigenvalue weighted by Crippen LogP contribution is 2.28. The topological polar surface area (TPSA) is 47.9 Å². The van der Waals surface area contributed by atoms with E-state index in [-0.39, 0.29) is 19.0 Å². The van der Waals surface area contributed by atoms with Gasteiger partial charge in [-0.25, -0.2) is 0 Å². The van der Waals surface area contributed by atoms with Crippen molar-refractivity contribution in [2.24, 2.45) is 4.99 Å². The molecule has 1 N–H and O–H groups in total. The molecule has 1 saturated carbocycles. The van der Waals surface area contributed by atoms with Gasteiger partial charge in [-0.05, 0) is 12.8 Å². The van der Waals surface area contributed by atoms with Crippen LogP contribution in [0.3, 0.4) is 0 Å². The third-order valence-corrected chi connectivity index (χ3v) is 3.45. The van der Waals surface area contributed by atoms with Gasteiger partial charge in [-0.2, -0.15) is 13.2 Å². The van der Waals surface area contributed by atoms with E-state index in [0.29, 0.717) is 25.1 Å². The zero-order valence-corrected chi connectivity index (χ0v) is 11.4. The third kappa shape index (κ3) is 4.01. The van der Waals surface area contributed by atoms with Gasteiger partial charge in [-0.1, -0.05) is 0 Å². The minimum atomic E-state index is -4.19. The summed E-state index contributed by atoms with van der Waals surface area (Å²) in [6.07, 6.45) is -2.98. The fourth-order valence-electron chi connectivity index (χ4n) is 2.29. The van der Waals surface area contributed by atoms with Crippen LogP contribution in [0.5, 0.6) is 0 Å². The maximum atomic E-state index is 12.1. The molecule has 20 heavy (non-hydrogen) atoms. The van der Waals surface area contributed by atoms with Crippen molar-refractivity contribution in [2.75, 3.05) is 33.2 Å². The third-order valence-electron chi connectivity index (χ3n) is 3.45. The van der Waals surface area contributed by atoms with Crippen molar-refractivity contribution in [3.63, 3.8) is 0 Å². The van der Waals surface area contributed by atoms with Gasteiger partial charge < -0.3 is 15.1 Å². The summed E-state index contributed by atoms with van der Waals surface area (Å²) in [6.45, 7) is 1.17. The largest absolute Gasteiger partial charge is 0.390 e. The summed E-state index contributed by atoms with van der Waals surface area (Å²) in [5.74, 6) is 0.385. The van der Waals surface area contributed by atoms with E-state index in [0.717, 1.165) is 12.8 Å². The van der Waals surface area contributed by atoms with Crippen LogP contribution in [0.4, 0.5) is 13.2 Å². The summed E-state index contributed by atoms with van der Waals surface area (Å²) in [7, 11) is 1.51. The molecule has 0 bridgehead atoms. The van der Waals surface area contributed by atoms with E-state index < -0.39 is 12.6 Å². The summed E-state index contributed by atoms with van der Waals surface area (Å²) < 4.78 is 36.3. The summed E-state index contributed by atoms with van der Waals surface area (Å²) in [4.78, 5) is 19.5. The Bertz CT molecular complexity index is 393. The Labute approximate surface area is 115 Å². The maximum absolute atomic E-state index is 12.1. The first-order valence-electron chi connectivity index (χ1n) is 6.72. The molecule has 1 aliphatic heterocycles. The maximum Gasteiger partial charge on any atom is 0.390 e. The van der Waals surface area contributed by atoms with Crippen LogP contribution in [-0.2, 0) is 4.79 Å². The SMILES string of the molecule is CN=C(NCCC(F)(F)F)N1CCN(C2CC2)C(=O)C1. The first-order chi connectivity index (χ1) is 9.40. The number of piperazine rings is 1. The molecule has 5 nitrogen and oxygen atoms in total. The summed E-state index contributed by atoms with van der Waals surface area (Å²) in [6, 6.07) is 0.379. The number of hydrogen-bond donors (Lipinski definition) is 1. The Kier molecular flexibility index (Phi) is 4.39. The molecule has 114 valence electrons. The number of amides is 1. The molecule has 2 rings (SSSR count). The van der Waals surface area contributed by atoms with E-state index >= 15 is 0 Å². The molecule has 2 aliphatic rings. The van der Waals surface area contributed by atoms with Crippen molar-refractivity contribution in [3.05, 3.63) is 0 Å². The Hall–Kier alpha value is -1.47. The second-order valence-corrected chi connectivity index (χ2v) is 5.08. The number of hydrogen-bond acceptors (Lipinski definition) is 2. The molecule has 0 unspecified atom stereocenters. The lowest BCUT2D eigenvalue weighted by Gasteiger charge is -2.36. The predicted octanol–water partition coefficient (Wildman–Crippen LogP) is 0.821. The summed E-state index contributed by atoms with van der Waals surface area (Å²) in [5.41, 5.74) is 0. The first kappa shape index (κ1) is 14.9. The highest BCUT2D eigenvalue weighted by molar-refractivity contribution is 5.87. The van der Waals surface area contributed by atoms with Crippen LogP contribution in [0, 0.1) is 0 Å². The number of nitrogens with one attached hydrogen (secondary N) is 1. The molecule has 1 amide bonds. The van der Waals surface area contributed by atoms with Gasteiger partial charge in [0.15, 0.2) is 5.96 Å². The Morgan fingerprint density at radius 2 is 2.10 bits per heavy atom. The van der Waals surface area contributed by atoms with Crippen molar-refractivity contribution in [2.45, 2.75) is 31.5 Å². The van der Waals surface area contributed by atoms with Gasteiger partial charge in [-0.15, -0.1) is 0 Å². The zero-order chi connectivity index (χ0) is 14.8. The van der Waals surface area contributed by atoms with E-state index in [9.17, 15) is 18.0 Å². The van der Waals surface area contributed by atoms with Crippen LogP contribution in [0.25, 0.3) is 0 Å². The lowest BCUT2D eigenvalue weighted by Crippen LogP contribution is -2.55. The molecule has 1 heterocycles. The standard InChI is InChI=1S/C12H19F3N4O/c1-16-11(17-5-4-12(13,14)15)18-6-7-19(9-2-3-9)10(20)8-18/h9H,2-8H2,1H3,(H,16,17). The van der Waals surface area contributed by atoms with Crippen LogP contribution in [0.2, 0.25) is 0 Å². The summed E-state index contributed by atoms with van der Waals surface area (Å²) in [5, 5.41) is 2.66. The van der Waals surface area contributed by atoms with Gasteiger partial charge in [0.05, 0.1) is 13.0 Å². The fourth-order valence-corrected chi connectivity index (χ4v) is 2.29. The quantitative estimate of drug-likeness (QED) is 0.619. The molecular formula is C12H19F3N4O. The zero-order valence-electron chi connectivity index (χ0n) is 11.4. The van der Waals surface area contributed by atoms with E-state index in [4.69, 9.17) is 0 Å². The number of carbonyl (C=O) groups excluding carboxylic acids is 1. The molecule has 0 spiro atoms. The van der Waals surface area contributed by atoms with E-state index in [2.05, 4.69) is 10.3 Å². The smallest absolute Gasteiger partial charge is 0.356 e. The van der Waals surface area contributed by atoms with Crippen molar-refractivity contribution in [1.82, 2.24) is 15.1 Å². The number of rotatable bonds is 3. The fraction of sp³-hybridized carbons (Fsp3) is 0.833. The highest BCUT2D eigenvalue weighted by Gasteiger charge is 2.36. The number of guanidine groups is 1. The van der Waals surface area contributed by atoms with Crippen LogP contribution in [0.1, 0.15) is 19.3 Å². The molecule has 1 aliphatic carbocycles. The number of halogens is 3. The second kappa shape index (κ2) is 5.88. The Morgan fingerprint density at radius 1 is 1.40 bits per heavy atom. The molecule has 0 aromatic heterocycles. The normalized spacial score (nSPS) is 21.4. The molecule has 0 aromatic carbocycles. The molecule has 0 aromatic rings. The van der Waals surface area contributed by atoms with Crippen LogP contribution in [-0.4, -0.2) is 67.1 Å². The van der Waals surface area contributed by atoms with E-state index in [1.807, 2.05) is 4.90 Å². The van der Waals surface area contributed by atoms with Crippen LogP contribution in [0.15, 0.2) is 4.99 Å². The molecule has 0 atom stereocenters. The van der Waals surface area contributed by atoms with E-state index in [1.54, 1.807) is 4.90 Å². The molecule has 8 heteroatoms. The Balaban J connectivity index is 1.81. The lowest BCUT2D eigenvalue weighted by atomic mass is 10.3. The van der Waals surface area contributed by atoms with Crippen LogP contribution >= 0.6 is 0 Å². The number of aliphatic imine (C=N–C) groups is 1. The predicted molar refractivity (Wildman–Crippen MR) is 68.3 cm³/mol. The molecular weight excluding hydrogens is 273 g/mol. The molecule has 0 radical (unpaired) electrons. The monoisotopic (exact) mass is 292 g/mol. The summed E-state index contributed by atoms with van der Waals surface area (Å²) >= 11 is 0. The van der Waals surface area contributed by atoms with Gasteiger partial charge in [0.1, 0.15) is 0 Å². The lowest BCUT2D eigenvalue weighted by molar-refractivity contribution is -0.136. The average molecular weight is 292 g/mol. The van der Waals surface area contributed by atoms with Gasteiger partial charge in [0.25, 0.3) is 0 Å². The Morgan fingerprint density at radius 3 is 2.60 bits per heavy atom. The van der Waals surface area contributed by atoms with Crippen molar-refractivity contribution in [1.29, 1.82) is 0 Å². The van der Waals surface area contributed by atoms with Gasteiger partial charge in [0, 0.05) is 32.7 Å². The first-order valence-corrected chi connectivity index (χ1v) is 6.72. The highest BCUT2D eigenvalue weighted by atomic mass is 19.4. The minimum absolute atomic E-state index is 0.0255. The minimum Gasteiger partial charge on any atom is -0.356 e. The average Bonchev–Trinajstić information content (AvgIpc) is 3.17. The van der Waals surface area contributed by atoms with Crippen molar-refractivity contribution < 1.29 is 18.0 Å². The van der Waals surface area contributed by atoms with Crippen LogP contribution < -0.4 is 5.32 Å². The second-order valence-electron chi connectivity index (χ2n) is 5.08. The number of carbonyl (C=O) groups is 1. The van der Waals surface area contributed by atoms with E-state index in [1.165, 1.54) is 7.05 Å².